The first-order valence-corrected chi connectivity index (χ1v) is 5.46. The molecular formula is C11H24N2O. The van der Waals surface area contributed by atoms with Crippen LogP contribution in [-0.2, 0) is 0 Å². The summed E-state index contributed by atoms with van der Waals surface area (Å²) in [4.78, 5) is 2.25. The van der Waals surface area contributed by atoms with Crippen LogP contribution >= 0.6 is 0 Å². The van der Waals surface area contributed by atoms with Crippen LogP contribution in [0.5, 0.6) is 0 Å². The lowest BCUT2D eigenvalue weighted by Crippen LogP contribution is -2.55. The number of likely N-dealkylation sites (N-methyl/N-ethyl adjacent to an activating group) is 1. The molecule has 0 amide bonds. The van der Waals surface area contributed by atoms with Crippen molar-refractivity contribution in [1.29, 1.82) is 0 Å². The maximum Gasteiger partial charge on any atom is 0.0602 e. The third-order valence-corrected chi connectivity index (χ3v) is 3.25. The first kappa shape index (κ1) is 12.0. The maximum atomic E-state index is 9.39. The summed E-state index contributed by atoms with van der Waals surface area (Å²) in [7, 11) is 2.07. The largest absolute Gasteiger partial charge is 0.395 e. The van der Waals surface area contributed by atoms with Gasteiger partial charge >= 0.3 is 0 Å². The number of hydrogen-bond acceptors (Lipinski definition) is 3. The minimum atomic E-state index is 0.0260. The molecule has 0 aliphatic heterocycles. The van der Waals surface area contributed by atoms with Gasteiger partial charge in [-0.2, -0.15) is 0 Å². The molecule has 0 bridgehead atoms. The monoisotopic (exact) mass is 200 g/mol. The molecule has 1 rings (SSSR count). The summed E-state index contributed by atoms with van der Waals surface area (Å²) in [6, 6.07) is 0.779. The number of aliphatic hydroxyl groups excluding tert-OH is 1. The molecule has 1 aliphatic carbocycles. The van der Waals surface area contributed by atoms with Crippen molar-refractivity contribution < 1.29 is 5.11 Å². The second-order valence-corrected chi connectivity index (χ2v) is 5.54. The molecule has 3 heteroatoms. The SMILES string of the molecule is CN(C1CC1)C(CO)C(N)C(C)(C)C. The Balaban J connectivity index is 2.60. The highest BCUT2D eigenvalue weighted by Crippen LogP contribution is 2.30. The lowest BCUT2D eigenvalue weighted by molar-refractivity contribution is 0.0840. The van der Waals surface area contributed by atoms with Crippen LogP contribution in [0.3, 0.4) is 0 Å². The molecule has 0 aromatic rings. The van der Waals surface area contributed by atoms with Gasteiger partial charge in [0, 0.05) is 18.1 Å². The fourth-order valence-electron chi connectivity index (χ4n) is 1.83. The zero-order chi connectivity index (χ0) is 10.9. The molecule has 1 fully saturated rings. The minimum absolute atomic E-state index is 0.0260. The van der Waals surface area contributed by atoms with Crippen LogP contribution < -0.4 is 5.73 Å². The van der Waals surface area contributed by atoms with E-state index in [0.717, 1.165) is 0 Å². The maximum absolute atomic E-state index is 9.39. The highest BCUT2D eigenvalue weighted by molar-refractivity contribution is 4.94. The Kier molecular flexibility index (Phi) is 3.56. The van der Waals surface area contributed by atoms with E-state index in [4.69, 9.17) is 5.73 Å². The summed E-state index contributed by atoms with van der Waals surface area (Å²) in [5.74, 6) is 0. The molecule has 3 N–H and O–H groups in total. The Labute approximate surface area is 87.3 Å². The van der Waals surface area contributed by atoms with Gasteiger partial charge in [-0.25, -0.2) is 0 Å². The molecule has 1 saturated carbocycles. The third-order valence-electron chi connectivity index (χ3n) is 3.25. The highest BCUT2D eigenvalue weighted by atomic mass is 16.3. The van der Waals surface area contributed by atoms with E-state index in [-0.39, 0.29) is 24.1 Å². The van der Waals surface area contributed by atoms with Gasteiger partial charge in [-0.3, -0.25) is 4.90 Å². The Morgan fingerprint density at radius 1 is 1.43 bits per heavy atom. The van der Waals surface area contributed by atoms with Crippen molar-refractivity contribution in [3.63, 3.8) is 0 Å². The number of rotatable bonds is 4. The van der Waals surface area contributed by atoms with Crippen molar-refractivity contribution in [2.75, 3.05) is 13.7 Å². The second kappa shape index (κ2) is 4.17. The Bertz CT molecular complexity index is 184. The average molecular weight is 200 g/mol. The van der Waals surface area contributed by atoms with Gasteiger partial charge in [0.15, 0.2) is 0 Å². The molecule has 84 valence electrons. The zero-order valence-corrected chi connectivity index (χ0v) is 9.83. The summed E-state index contributed by atoms with van der Waals surface area (Å²) in [6.07, 6.45) is 2.51. The first-order chi connectivity index (χ1) is 6.38. The van der Waals surface area contributed by atoms with Crippen molar-refractivity contribution in [1.82, 2.24) is 4.90 Å². The van der Waals surface area contributed by atoms with Crippen LogP contribution in [0.1, 0.15) is 33.6 Å². The highest BCUT2D eigenvalue weighted by Gasteiger charge is 2.37. The summed E-state index contributed by atoms with van der Waals surface area (Å²) in [6.45, 7) is 6.54. The average Bonchev–Trinajstić information content (AvgIpc) is 2.85. The van der Waals surface area contributed by atoms with Crippen LogP contribution in [-0.4, -0.2) is 41.8 Å². The van der Waals surface area contributed by atoms with E-state index in [1.165, 1.54) is 12.8 Å². The molecular weight excluding hydrogens is 176 g/mol. The minimum Gasteiger partial charge on any atom is -0.395 e. The van der Waals surface area contributed by atoms with Gasteiger partial charge in [0.2, 0.25) is 0 Å². The van der Waals surface area contributed by atoms with E-state index in [2.05, 4.69) is 32.7 Å². The van der Waals surface area contributed by atoms with Crippen molar-refractivity contribution in [2.45, 2.75) is 51.7 Å². The quantitative estimate of drug-likeness (QED) is 0.706. The molecule has 1 aliphatic rings. The van der Waals surface area contributed by atoms with Gasteiger partial charge in [0.1, 0.15) is 0 Å². The Morgan fingerprint density at radius 2 is 1.93 bits per heavy atom. The smallest absolute Gasteiger partial charge is 0.0602 e. The van der Waals surface area contributed by atoms with Gasteiger partial charge in [0.05, 0.1) is 6.61 Å². The molecule has 2 unspecified atom stereocenters. The van der Waals surface area contributed by atoms with E-state index < -0.39 is 0 Å². The standard InChI is InChI=1S/C11H24N2O/c1-11(2,3)10(12)9(7-14)13(4)8-5-6-8/h8-10,14H,5-7,12H2,1-4H3. The van der Waals surface area contributed by atoms with Crippen molar-refractivity contribution in [2.24, 2.45) is 11.1 Å². The fourth-order valence-corrected chi connectivity index (χ4v) is 1.83. The lowest BCUT2D eigenvalue weighted by Gasteiger charge is -2.38. The van der Waals surface area contributed by atoms with Crippen LogP contribution in [0.25, 0.3) is 0 Å². The van der Waals surface area contributed by atoms with Gasteiger partial charge in [-0.15, -0.1) is 0 Å². The van der Waals surface area contributed by atoms with Crippen molar-refractivity contribution in [3.8, 4) is 0 Å². The molecule has 2 atom stereocenters. The van der Waals surface area contributed by atoms with E-state index in [1.807, 2.05) is 0 Å². The van der Waals surface area contributed by atoms with E-state index in [1.54, 1.807) is 0 Å². The summed E-state index contributed by atoms with van der Waals surface area (Å²) < 4.78 is 0. The predicted octanol–water partition coefficient (Wildman–Crippen LogP) is 0.815. The molecule has 0 spiro atoms. The Hall–Kier alpha value is -0.120. The van der Waals surface area contributed by atoms with E-state index in [9.17, 15) is 5.11 Å². The fraction of sp³-hybridized carbons (Fsp3) is 1.00. The zero-order valence-electron chi connectivity index (χ0n) is 9.83. The predicted molar refractivity (Wildman–Crippen MR) is 59.1 cm³/mol. The van der Waals surface area contributed by atoms with Gasteiger partial charge in [-0.05, 0) is 25.3 Å². The normalized spacial score (nSPS) is 22.5. The number of nitrogens with two attached hydrogens (primary N) is 1. The molecule has 0 aromatic carbocycles. The van der Waals surface area contributed by atoms with E-state index >= 15 is 0 Å². The topological polar surface area (TPSA) is 49.5 Å². The summed E-state index contributed by atoms with van der Waals surface area (Å²) in [5.41, 5.74) is 6.22. The molecule has 0 heterocycles. The van der Waals surface area contributed by atoms with Crippen molar-refractivity contribution in [3.05, 3.63) is 0 Å². The third kappa shape index (κ3) is 2.69. The number of hydrogen-bond donors (Lipinski definition) is 2. The van der Waals surface area contributed by atoms with Crippen LogP contribution in [0.4, 0.5) is 0 Å². The lowest BCUT2D eigenvalue weighted by atomic mass is 9.82. The number of aliphatic hydroxyl groups is 1. The van der Waals surface area contributed by atoms with Gasteiger partial charge in [-0.1, -0.05) is 20.8 Å². The van der Waals surface area contributed by atoms with Crippen LogP contribution in [0.15, 0.2) is 0 Å². The molecule has 0 radical (unpaired) electrons. The van der Waals surface area contributed by atoms with Crippen LogP contribution in [0, 0.1) is 5.41 Å². The molecule has 14 heavy (non-hydrogen) atoms. The second-order valence-electron chi connectivity index (χ2n) is 5.54. The Morgan fingerprint density at radius 3 is 2.21 bits per heavy atom. The molecule has 0 aromatic heterocycles. The first-order valence-electron chi connectivity index (χ1n) is 5.46. The van der Waals surface area contributed by atoms with Gasteiger partial charge < -0.3 is 10.8 Å². The summed E-state index contributed by atoms with van der Waals surface area (Å²) in [5, 5.41) is 9.39. The van der Waals surface area contributed by atoms with Gasteiger partial charge in [0.25, 0.3) is 0 Å². The van der Waals surface area contributed by atoms with E-state index in [0.29, 0.717) is 6.04 Å². The summed E-state index contributed by atoms with van der Waals surface area (Å²) >= 11 is 0. The molecule has 3 nitrogen and oxygen atoms in total. The number of nitrogens with zero attached hydrogens (tertiary/aromatic N) is 1. The molecule has 0 saturated heterocycles. The van der Waals surface area contributed by atoms with Crippen molar-refractivity contribution >= 4 is 0 Å². The van der Waals surface area contributed by atoms with Crippen LogP contribution in [0.2, 0.25) is 0 Å².